The quantitative estimate of drug-likeness (QED) is 0.633. The molecule has 0 bridgehead atoms. The van der Waals surface area contributed by atoms with E-state index in [9.17, 15) is 9.59 Å². The molecule has 1 aliphatic rings. The SMILES string of the molecule is Cl.O=C(O)c1cccc(C(=O)NC[C@@H]2CNCCO[C@H]2c2ccc(Cl)c(Cl)c2)c1. The van der Waals surface area contributed by atoms with Gasteiger partial charge in [0.15, 0.2) is 0 Å². The summed E-state index contributed by atoms with van der Waals surface area (Å²) in [5.41, 5.74) is 1.26. The Balaban J connectivity index is 0.00000300. The van der Waals surface area contributed by atoms with Gasteiger partial charge in [-0.1, -0.05) is 35.3 Å². The summed E-state index contributed by atoms with van der Waals surface area (Å²) in [5.74, 6) is -1.44. The minimum atomic E-state index is -1.07. The first kappa shape index (κ1) is 23.4. The second-order valence-electron chi connectivity index (χ2n) is 6.53. The molecule has 1 aliphatic heterocycles. The number of hydrogen-bond acceptors (Lipinski definition) is 4. The molecule has 3 rings (SSSR count). The van der Waals surface area contributed by atoms with E-state index in [0.29, 0.717) is 41.8 Å². The largest absolute Gasteiger partial charge is 0.478 e. The first-order valence-corrected chi connectivity index (χ1v) is 9.60. The van der Waals surface area contributed by atoms with E-state index in [0.717, 1.165) is 5.56 Å². The number of halogens is 3. The van der Waals surface area contributed by atoms with Crippen molar-refractivity contribution in [3.05, 3.63) is 69.2 Å². The highest BCUT2D eigenvalue weighted by molar-refractivity contribution is 6.42. The number of carboxylic acid groups (broad SMARTS) is 1. The minimum Gasteiger partial charge on any atom is -0.478 e. The smallest absolute Gasteiger partial charge is 0.335 e. The molecular formula is C20H21Cl3N2O4. The summed E-state index contributed by atoms with van der Waals surface area (Å²) >= 11 is 12.2. The number of aromatic carboxylic acids is 1. The third-order valence-corrected chi connectivity index (χ3v) is 5.32. The number of carbonyl (C=O) groups excluding carboxylic acids is 1. The molecule has 2 aromatic rings. The molecular weight excluding hydrogens is 439 g/mol. The van der Waals surface area contributed by atoms with Crippen LogP contribution < -0.4 is 10.6 Å². The first-order chi connectivity index (χ1) is 13.5. The van der Waals surface area contributed by atoms with Gasteiger partial charge in [-0.25, -0.2) is 4.79 Å². The molecule has 0 aliphatic carbocycles. The van der Waals surface area contributed by atoms with Crippen molar-refractivity contribution in [3.8, 4) is 0 Å². The van der Waals surface area contributed by atoms with E-state index in [-0.39, 0.29) is 35.9 Å². The van der Waals surface area contributed by atoms with Gasteiger partial charge in [-0.05, 0) is 35.9 Å². The Labute approximate surface area is 184 Å². The van der Waals surface area contributed by atoms with Crippen LogP contribution in [0.2, 0.25) is 10.0 Å². The number of benzene rings is 2. The molecule has 1 fully saturated rings. The zero-order valence-corrected chi connectivity index (χ0v) is 17.7. The molecule has 9 heteroatoms. The van der Waals surface area contributed by atoms with Crippen LogP contribution in [-0.4, -0.2) is 43.2 Å². The van der Waals surface area contributed by atoms with Crippen LogP contribution in [0.1, 0.15) is 32.4 Å². The molecule has 0 saturated carbocycles. The molecule has 3 N–H and O–H groups in total. The molecule has 0 aromatic heterocycles. The first-order valence-electron chi connectivity index (χ1n) is 8.84. The summed E-state index contributed by atoms with van der Waals surface area (Å²) in [5, 5.41) is 16.2. The number of amides is 1. The van der Waals surface area contributed by atoms with Crippen LogP contribution in [-0.2, 0) is 4.74 Å². The highest BCUT2D eigenvalue weighted by atomic mass is 35.5. The maximum absolute atomic E-state index is 12.5. The molecule has 2 atom stereocenters. The van der Waals surface area contributed by atoms with Gasteiger partial charge in [0.05, 0.1) is 28.3 Å². The summed E-state index contributed by atoms with van der Waals surface area (Å²) in [6.45, 7) is 2.26. The monoisotopic (exact) mass is 458 g/mol. The molecule has 0 unspecified atom stereocenters. The summed E-state index contributed by atoms with van der Waals surface area (Å²) in [7, 11) is 0. The number of nitrogens with one attached hydrogen (secondary N) is 2. The zero-order valence-electron chi connectivity index (χ0n) is 15.4. The van der Waals surface area contributed by atoms with E-state index in [1.165, 1.54) is 12.1 Å². The topological polar surface area (TPSA) is 87.7 Å². The molecule has 1 amide bonds. The third-order valence-electron chi connectivity index (χ3n) is 4.58. The van der Waals surface area contributed by atoms with Crippen LogP contribution in [0.15, 0.2) is 42.5 Å². The fraction of sp³-hybridized carbons (Fsp3) is 0.300. The van der Waals surface area contributed by atoms with Gasteiger partial charge in [0.25, 0.3) is 5.91 Å². The van der Waals surface area contributed by atoms with Crippen LogP contribution >= 0.6 is 35.6 Å². The Morgan fingerprint density at radius 2 is 1.90 bits per heavy atom. The highest BCUT2D eigenvalue weighted by Crippen LogP contribution is 2.32. The molecule has 156 valence electrons. The van der Waals surface area contributed by atoms with Crippen molar-refractivity contribution in [2.45, 2.75) is 6.10 Å². The second-order valence-corrected chi connectivity index (χ2v) is 7.34. The van der Waals surface area contributed by atoms with Gasteiger partial charge in [-0.15, -0.1) is 12.4 Å². The number of carboxylic acids is 1. The lowest BCUT2D eigenvalue weighted by Gasteiger charge is -2.25. The summed E-state index contributed by atoms with van der Waals surface area (Å²) in [4.78, 5) is 23.6. The average molecular weight is 460 g/mol. The molecule has 29 heavy (non-hydrogen) atoms. The average Bonchev–Trinajstić information content (AvgIpc) is 2.94. The standard InChI is InChI=1S/C20H20Cl2N2O4.ClH/c21-16-5-4-12(9-17(16)22)18-15(10-23-6-7-28-18)11-24-19(25)13-2-1-3-14(8-13)20(26)27;/h1-5,8-9,15,18,23H,6-7,10-11H2,(H,24,25)(H,26,27);1H/t15-,18-;/m0./s1. The molecule has 0 radical (unpaired) electrons. The van der Waals surface area contributed by atoms with Crippen LogP contribution in [0.5, 0.6) is 0 Å². The van der Waals surface area contributed by atoms with Crippen molar-refractivity contribution in [2.75, 3.05) is 26.2 Å². The fourth-order valence-electron chi connectivity index (χ4n) is 3.14. The van der Waals surface area contributed by atoms with E-state index in [2.05, 4.69) is 10.6 Å². The van der Waals surface area contributed by atoms with Crippen molar-refractivity contribution in [2.24, 2.45) is 5.92 Å². The molecule has 0 spiro atoms. The zero-order chi connectivity index (χ0) is 20.1. The second kappa shape index (κ2) is 10.8. The lowest BCUT2D eigenvalue weighted by Crippen LogP contribution is -2.36. The molecule has 2 aromatic carbocycles. The van der Waals surface area contributed by atoms with Crippen molar-refractivity contribution >= 4 is 47.5 Å². The van der Waals surface area contributed by atoms with E-state index in [4.69, 9.17) is 33.0 Å². The van der Waals surface area contributed by atoms with Gasteiger partial charge in [-0.2, -0.15) is 0 Å². The Kier molecular flexibility index (Phi) is 8.74. The van der Waals surface area contributed by atoms with E-state index in [1.54, 1.807) is 24.3 Å². The minimum absolute atomic E-state index is 0. The summed E-state index contributed by atoms with van der Waals surface area (Å²) < 4.78 is 5.99. The van der Waals surface area contributed by atoms with Crippen LogP contribution in [0, 0.1) is 5.92 Å². The Bertz CT molecular complexity index is 879. The molecule has 1 saturated heterocycles. The van der Waals surface area contributed by atoms with Crippen molar-refractivity contribution in [1.82, 2.24) is 10.6 Å². The number of ether oxygens (including phenoxy) is 1. The maximum Gasteiger partial charge on any atom is 0.335 e. The van der Waals surface area contributed by atoms with Crippen LogP contribution in [0.4, 0.5) is 0 Å². The fourth-order valence-corrected chi connectivity index (χ4v) is 3.45. The highest BCUT2D eigenvalue weighted by Gasteiger charge is 2.27. The van der Waals surface area contributed by atoms with E-state index in [1.807, 2.05) is 6.07 Å². The van der Waals surface area contributed by atoms with Crippen molar-refractivity contribution in [3.63, 3.8) is 0 Å². The Morgan fingerprint density at radius 3 is 2.62 bits per heavy atom. The number of carbonyl (C=O) groups is 2. The summed E-state index contributed by atoms with van der Waals surface area (Å²) in [6.07, 6.45) is -0.254. The van der Waals surface area contributed by atoms with Gasteiger partial charge in [0.1, 0.15) is 0 Å². The van der Waals surface area contributed by atoms with Crippen LogP contribution in [0.3, 0.4) is 0 Å². The number of rotatable bonds is 5. The van der Waals surface area contributed by atoms with E-state index < -0.39 is 5.97 Å². The lowest BCUT2D eigenvalue weighted by atomic mass is 9.95. The van der Waals surface area contributed by atoms with Crippen molar-refractivity contribution in [1.29, 1.82) is 0 Å². The van der Waals surface area contributed by atoms with Gasteiger partial charge in [0, 0.05) is 31.1 Å². The summed E-state index contributed by atoms with van der Waals surface area (Å²) in [6, 6.07) is 11.3. The van der Waals surface area contributed by atoms with Crippen LogP contribution in [0.25, 0.3) is 0 Å². The normalized spacial score (nSPS) is 19.0. The Hall–Kier alpha value is -1.83. The molecule has 6 nitrogen and oxygen atoms in total. The Morgan fingerprint density at radius 1 is 1.14 bits per heavy atom. The lowest BCUT2D eigenvalue weighted by molar-refractivity contribution is 0.0306. The van der Waals surface area contributed by atoms with Gasteiger partial charge >= 0.3 is 5.97 Å². The third kappa shape index (κ3) is 6.07. The van der Waals surface area contributed by atoms with Gasteiger partial charge < -0.3 is 20.5 Å². The molecule has 1 heterocycles. The number of hydrogen-bond donors (Lipinski definition) is 3. The van der Waals surface area contributed by atoms with Gasteiger partial charge in [0.2, 0.25) is 0 Å². The predicted octanol–water partition coefficient (Wildman–Crippen LogP) is 3.82. The van der Waals surface area contributed by atoms with Gasteiger partial charge in [-0.3, -0.25) is 4.79 Å². The van der Waals surface area contributed by atoms with Crippen molar-refractivity contribution < 1.29 is 19.4 Å². The maximum atomic E-state index is 12.5. The van der Waals surface area contributed by atoms with E-state index >= 15 is 0 Å². The predicted molar refractivity (Wildman–Crippen MR) is 114 cm³/mol.